The highest BCUT2D eigenvalue weighted by molar-refractivity contribution is 9.10. The zero-order chi connectivity index (χ0) is 15.5. The van der Waals surface area contributed by atoms with Crippen molar-refractivity contribution in [2.24, 2.45) is 0 Å². The molecule has 0 bridgehead atoms. The van der Waals surface area contributed by atoms with Crippen molar-refractivity contribution < 1.29 is 19.8 Å². The number of aromatic carboxylic acids is 1. The van der Waals surface area contributed by atoms with Gasteiger partial charge in [-0.2, -0.15) is 0 Å². The van der Waals surface area contributed by atoms with Gasteiger partial charge in [0.1, 0.15) is 0 Å². The topological polar surface area (TPSA) is 77.8 Å². The first kappa shape index (κ1) is 16.7. The fourth-order valence-electron chi connectivity index (χ4n) is 2.36. The monoisotopic (exact) mass is 343 g/mol. The summed E-state index contributed by atoms with van der Waals surface area (Å²) in [5.41, 5.74) is 1.12. The summed E-state index contributed by atoms with van der Waals surface area (Å²) < 4.78 is 0.629. The van der Waals surface area contributed by atoms with Gasteiger partial charge in [-0.15, -0.1) is 0 Å². The maximum atomic E-state index is 11.2. The van der Waals surface area contributed by atoms with Crippen molar-refractivity contribution >= 4 is 28.3 Å². The van der Waals surface area contributed by atoms with Crippen LogP contribution in [0.4, 0.5) is 0 Å². The van der Waals surface area contributed by atoms with Crippen LogP contribution >= 0.6 is 15.9 Å². The Labute approximate surface area is 126 Å². The van der Waals surface area contributed by atoms with Gasteiger partial charge in [0, 0.05) is 11.0 Å². The molecule has 0 spiro atoms. The van der Waals surface area contributed by atoms with Crippen molar-refractivity contribution in [3.8, 4) is 0 Å². The number of benzene rings is 1. The second-order valence-corrected chi connectivity index (χ2v) is 5.89. The number of aliphatic hydroxyl groups is 1. The summed E-state index contributed by atoms with van der Waals surface area (Å²) in [5, 5.41) is 18.1. The van der Waals surface area contributed by atoms with Crippen molar-refractivity contribution in [2.75, 3.05) is 13.2 Å². The smallest absolute Gasteiger partial charge is 0.335 e. The van der Waals surface area contributed by atoms with Gasteiger partial charge in [0.25, 0.3) is 0 Å². The van der Waals surface area contributed by atoms with Gasteiger partial charge in [0.05, 0.1) is 17.7 Å². The van der Waals surface area contributed by atoms with Gasteiger partial charge in [-0.25, -0.2) is 4.79 Å². The lowest BCUT2D eigenvalue weighted by Crippen LogP contribution is -2.43. The van der Waals surface area contributed by atoms with E-state index in [0.29, 0.717) is 10.9 Å². The van der Waals surface area contributed by atoms with Gasteiger partial charge >= 0.3 is 5.97 Å². The Morgan fingerprint density at radius 3 is 2.45 bits per heavy atom. The van der Waals surface area contributed by atoms with Crippen LogP contribution in [0.25, 0.3) is 0 Å². The molecule has 1 aromatic carbocycles. The van der Waals surface area contributed by atoms with Crippen LogP contribution in [-0.4, -0.2) is 40.6 Å². The molecule has 1 rings (SSSR count). The average molecular weight is 344 g/mol. The van der Waals surface area contributed by atoms with E-state index >= 15 is 0 Å². The highest BCUT2D eigenvalue weighted by atomic mass is 79.9. The van der Waals surface area contributed by atoms with Gasteiger partial charge in [-0.3, -0.25) is 4.79 Å². The second kappa shape index (κ2) is 6.37. The Morgan fingerprint density at radius 1 is 1.45 bits per heavy atom. The molecule has 1 amide bonds. The molecule has 5 nitrogen and oxygen atoms in total. The normalized spacial score (nSPS) is 11.2. The van der Waals surface area contributed by atoms with Crippen LogP contribution in [0.1, 0.15) is 35.3 Å². The number of rotatable bonds is 6. The number of amides is 1. The molecule has 0 saturated carbocycles. The SMILES string of the molecule is Cc1cc(C(=O)O)cc(Br)c1C(C)(C)N(C=O)CCO. The summed E-state index contributed by atoms with van der Waals surface area (Å²) in [6, 6.07) is 3.10. The lowest BCUT2D eigenvalue weighted by atomic mass is 9.88. The van der Waals surface area contributed by atoms with Crippen molar-refractivity contribution in [3.63, 3.8) is 0 Å². The Kier molecular flexibility index (Phi) is 5.30. The molecule has 20 heavy (non-hydrogen) atoms. The fourth-order valence-corrected chi connectivity index (χ4v) is 3.40. The summed E-state index contributed by atoms with van der Waals surface area (Å²) in [7, 11) is 0. The summed E-state index contributed by atoms with van der Waals surface area (Å²) in [4.78, 5) is 23.7. The highest BCUT2D eigenvalue weighted by Crippen LogP contribution is 2.35. The predicted octanol–water partition coefficient (Wildman–Crippen LogP) is 2.14. The van der Waals surface area contributed by atoms with E-state index in [-0.39, 0.29) is 18.7 Å². The van der Waals surface area contributed by atoms with Crippen LogP contribution in [0.3, 0.4) is 0 Å². The zero-order valence-corrected chi connectivity index (χ0v) is 13.3. The number of halogens is 1. The Balaban J connectivity index is 3.37. The fraction of sp³-hybridized carbons (Fsp3) is 0.429. The van der Waals surface area contributed by atoms with Crippen molar-refractivity contribution in [1.82, 2.24) is 4.90 Å². The number of carboxylic acid groups (broad SMARTS) is 1. The quantitative estimate of drug-likeness (QED) is 0.775. The third-order valence-corrected chi connectivity index (χ3v) is 3.96. The van der Waals surface area contributed by atoms with Crippen LogP contribution in [0.2, 0.25) is 0 Å². The minimum Gasteiger partial charge on any atom is -0.478 e. The minimum absolute atomic E-state index is 0.133. The molecule has 110 valence electrons. The van der Waals surface area contributed by atoms with Crippen LogP contribution in [-0.2, 0) is 10.3 Å². The first-order chi connectivity index (χ1) is 9.25. The van der Waals surface area contributed by atoms with Gasteiger partial charge in [0.2, 0.25) is 6.41 Å². The molecule has 0 radical (unpaired) electrons. The molecule has 0 saturated heterocycles. The second-order valence-electron chi connectivity index (χ2n) is 5.04. The molecule has 0 aliphatic heterocycles. The highest BCUT2D eigenvalue weighted by Gasteiger charge is 2.31. The minimum atomic E-state index is -0.999. The maximum Gasteiger partial charge on any atom is 0.335 e. The number of hydrogen-bond donors (Lipinski definition) is 2. The van der Waals surface area contributed by atoms with Gasteiger partial charge in [-0.1, -0.05) is 15.9 Å². The number of aryl methyl sites for hydroxylation is 1. The first-order valence-electron chi connectivity index (χ1n) is 6.12. The summed E-state index contributed by atoms with van der Waals surface area (Å²) >= 11 is 3.38. The molecule has 0 unspecified atom stereocenters. The Hall–Kier alpha value is -1.40. The molecule has 2 N–H and O–H groups in total. The van der Waals surface area contributed by atoms with Crippen LogP contribution in [0, 0.1) is 6.92 Å². The molecule has 6 heteroatoms. The molecule has 0 atom stereocenters. The lowest BCUT2D eigenvalue weighted by Gasteiger charge is -2.37. The summed E-state index contributed by atoms with van der Waals surface area (Å²) in [5.74, 6) is -0.999. The molecule has 1 aromatic rings. The lowest BCUT2D eigenvalue weighted by molar-refractivity contribution is -0.123. The van der Waals surface area contributed by atoms with Crippen LogP contribution in [0.15, 0.2) is 16.6 Å². The van der Waals surface area contributed by atoms with Gasteiger partial charge in [0.15, 0.2) is 0 Å². The largest absolute Gasteiger partial charge is 0.478 e. The molecule has 0 aliphatic rings. The van der Waals surface area contributed by atoms with E-state index in [2.05, 4.69) is 15.9 Å². The Bertz CT molecular complexity index is 505. The first-order valence-corrected chi connectivity index (χ1v) is 6.91. The van der Waals surface area contributed by atoms with Crippen molar-refractivity contribution in [2.45, 2.75) is 26.3 Å². The molecule has 0 heterocycles. The van der Waals surface area contributed by atoms with E-state index < -0.39 is 11.5 Å². The summed E-state index contributed by atoms with van der Waals surface area (Å²) in [6.45, 7) is 5.58. The van der Waals surface area contributed by atoms with Crippen LogP contribution in [0.5, 0.6) is 0 Å². The average Bonchev–Trinajstić information content (AvgIpc) is 2.34. The predicted molar refractivity (Wildman–Crippen MR) is 78.7 cm³/mol. The number of carbonyl (C=O) groups is 2. The van der Waals surface area contributed by atoms with E-state index in [1.165, 1.54) is 11.0 Å². The molecular formula is C14H18BrNO4. The number of carbonyl (C=O) groups excluding carboxylic acids is 1. The van der Waals surface area contributed by atoms with Gasteiger partial charge < -0.3 is 15.1 Å². The van der Waals surface area contributed by atoms with E-state index in [9.17, 15) is 9.59 Å². The van der Waals surface area contributed by atoms with E-state index in [1.807, 2.05) is 13.8 Å². The standard InChI is InChI=1S/C14H18BrNO4/c1-9-6-10(13(19)20)7-11(15)12(9)14(2,3)16(8-18)4-5-17/h6-8,17H,4-5H2,1-3H3,(H,19,20). The van der Waals surface area contributed by atoms with Crippen LogP contribution < -0.4 is 0 Å². The van der Waals surface area contributed by atoms with E-state index in [1.54, 1.807) is 13.0 Å². The number of carboxylic acids is 1. The zero-order valence-electron chi connectivity index (χ0n) is 11.7. The number of nitrogens with zero attached hydrogens (tertiary/aromatic N) is 1. The Morgan fingerprint density at radius 2 is 2.05 bits per heavy atom. The van der Waals surface area contributed by atoms with E-state index in [4.69, 9.17) is 10.2 Å². The number of aliphatic hydroxyl groups excluding tert-OH is 1. The molecular weight excluding hydrogens is 326 g/mol. The van der Waals surface area contributed by atoms with E-state index in [0.717, 1.165) is 11.1 Å². The molecule has 0 aromatic heterocycles. The number of hydrogen-bond acceptors (Lipinski definition) is 3. The third-order valence-electron chi connectivity index (χ3n) is 3.33. The third kappa shape index (κ3) is 3.19. The van der Waals surface area contributed by atoms with Gasteiger partial charge in [-0.05, 0) is 44.0 Å². The summed E-state index contributed by atoms with van der Waals surface area (Å²) in [6.07, 6.45) is 0.688. The van der Waals surface area contributed by atoms with Crippen molar-refractivity contribution in [3.05, 3.63) is 33.3 Å². The molecule has 0 fully saturated rings. The molecule has 0 aliphatic carbocycles. The maximum absolute atomic E-state index is 11.2. The van der Waals surface area contributed by atoms with Crippen molar-refractivity contribution in [1.29, 1.82) is 0 Å².